The molecule has 1 aliphatic heterocycles. The van der Waals surface area contributed by atoms with Crippen LogP contribution < -0.4 is 4.90 Å². The third kappa shape index (κ3) is 2.46. The molecule has 0 aliphatic carbocycles. The fourth-order valence-electron chi connectivity index (χ4n) is 2.44. The monoisotopic (exact) mass is 257 g/mol. The number of anilines is 1. The van der Waals surface area contributed by atoms with Crippen LogP contribution in [0.4, 0.5) is 5.69 Å². The molecule has 19 heavy (non-hydrogen) atoms. The van der Waals surface area contributed by atoms with Gasteiger partial charge in [0.1, 0.15) is 6.33 Å². The molecule has 1 fully saturated rings. The standard InChI is InChI=1S/C14H19N5/c1-17-7-9-19(10-8-17)13-5-3-12(4-6-13)14-15-11-16-18(14)2/h3-6,11H,7-10H2,1-2H3. The van der Waals surface area contributed by atoms with Gasteiger partial charge in [-0.15, -0.1) is 0 Å². The van der Waals surface area contributed by atoms with Crippen molar-refractivity contribution in [2.24, 2.45) is 7.05 Å². The molecule has 2 heterocycles. The highest BCUT2D eigenvalue weighted by atomic mass is 15.3. The van der Waals surface area contributed by atoms with Crippen LogP contribution in [-0.2, 0) is 7.05 Å². The maximum Gasteiger partial charge on any atom is 0.157 e. The predicted molar refractivity (Wildman–Crippen MR) is 76.1 cm³/mol. The first kappa shape index (κ1) is 12.2. The molecule has 0 amide bonds. The Hall–Kier alpha value is -1.88. The molecule has 0 bridgehead atoms. The van der Waals surface area contributed by atoms with Crippen LogP contribution >= 0.6 is 0 Å². The molecule has 1 aromatic heterocycles. The first-order valence-corrected chi connectivity index (χ1v) is 6.62. The minimum atomic E-state index is 0.907. The molecule has 0 radical (unpaired) electrons. The number of rotatable bonds is 2. The lowest BCUT2D eigenvalue weighted by Crippen LogP contribution is -2.44. The van der Waals surface area contributed by atoms with E-state index in [-0.39, 0.29) is 0 Å². The average Bonchev–Trinajstić information content (AvgIpc) is 2.86. The van der Waals surface area contributed by atoms with Gasteiger partial charge in [-0.2, -0.15) is 5.10 Å². The zero-order chi connectivity index (χ0) is 13.2. The first-order chi connectivity index (χ1) is 9.24. The SMILES string of the molecule is CN1CCN(c2ccc(-c3ncnn3C)cc2)CC1. The fourth-order valence-corrected chi connectivity index (χ4v) is 2.44. The van der Waals surface area contributed by atoms with Crippen molar-refractivity contribution in [3.05, 3.63) is 30.6 Å². The van der Waals surface area contributed by atoms with Crippen molar-refractivity contribution in [1.82, 2.24) is 19.7 Å². The van der Waals surface area contributed by atoms with E-state index in [1.165, 1.54) is 5.69 Å². The molecular formula is C14H19N5. The summed E-state index contributed by atoms with van der Waals surface area (Å²) in [4.78, 5) is 9.07. The Morgan fingerprint density at radius 1 is 0.947 bits per heavy atom. The molecule has 0 N–H and O–H groups in total. The third-order valence-corrected chi connectivity index (χ3v) is 3.71. The van der Waals surface area contributed by atoms with Crippen LogP contribution in [0.15, 0.2) is 30.6 Å². The number of aromatic nitrogens is 3. The van der Waals surface area contributed by atoms with Crippen molar-refractivity contribution in [2.75, 3.05) is 38.1 Å². The molecule has 1 aliphatic rings. The zero-order valence-electron chi connectivity index (χ0n) is 11.5. The number of aryl methyl sites for hydroxylation is 1. The second-order valence-electron chi connectivity index (χ2n) is 5.04. The second-order valence-corrected chi connectivity index (χ2v) is 5.04. The van der Waals surface area contributed by atoms with Gasteiger partial charge in [-0.1, -0.05) is 0 Å². The van der Waals surface area contributed by atoms with Crippen LogP contribution in [-0.4, -0.2) is 52.9 Å². The van der Waals surface area contributed by atoms with Gasteiger partial charge in [0, 0.05) is 44.5 Å². The van der Waals surface area contributed by atoms with E-state index in [1.54, 1.807) is 11.0 Å². The van der Waals surface area contributed by atoms with Gasteiger partial charge in [-0.05, 0) is 31.3 Å². The largest absolute Gasteiger partial charge is 0.369 e. The van der Waals surface area contributed by atoms with Gasteiger partial charge in [0.15, 0.2) is 5.82 Å². The second kappa shape index (κ2) is 5.01. The van der Waals surface area contributed by atoms with Crippen molar-refractivity contribution < 1.29 is 0 Å². The number of piperazine rings is 1. The highest BCUT2D eigenvalue weighted by Crippen LogP contribution is 2.21. The molecule has 5 heteroatoms. The van der Waals surface area contributed by atoms with Crippen molar-refractivity contribution in [3.63, 3.8) is 0 Å². The zero-order valence-corrected chi connectivity index (χ0v) is 11.5. The number of hydrogen-bond donors (Lipinski definition) is 0. The summed E-state index contributed by atoms with van der Waals surface area (Å²) in [5, 5.41) is 4.10. The van der Waals surface area contributed by atoms with Crippen LogP contribution in [0.25, 0.3) is 11.4 Å². The molecule has 0 spiro atoms. The maximum absolute atomic E-state index is 4.27. The Kier molecular flexibility index (Phi) is 3.21. The lowest BCUT2D eigenvalue weighted by atomic mass is 10.1. The summed E-state index contributed by atoms with van der Waals surface area (Å²) < 4.78 is 1.80. The van der Waals surface area contributed by atoms with E-state index in [0.29, 0.717) is 0 Å². The summed E-state index contributed by atoms with van der Waals surface area (Å²) in [6.45, 7) is 4.45. The van der Waals surface area contributed by atoms with Crippen LogP contribution in [0.5, 0.6) is 0 Å². The van der Waals surface area contributed by atoms with Crippen molar-refractivity contribution >= 4 is 5.69 Å². The Balaban J connectivity index is 1.78. The molecule has 5 nitrogen and oxygen atoms in total. The molecule has 0 saturated carbocycles. The smallest absolute Gasteiger partial charge is 0.157 e. The number of likely N-dealkylation sites (N-methyl/N-ethyl adjacent to an activating group) is 1. The molecule has 0 unspecified atom stereocenters. The van der Waals surface area contributed by atoms with Gasteiger partial charge in [0.05, 0.1) is 0 Å². The molecule has 3 rings (SSSR count). The van der Waals surface area contributed by atoms with Gasteiger partial charge >= 0.3 is 0 Å². The predicted octanol–water partition coefficient (Wildman–Crippen LogP) is 1.23. The lowest BCUT2D eigenvalue weighted by Gasteiger charge is -2.34. The van der Waals surface area contributed by atoms with E-state index < -0.39 is 0 Å². The van der Waals surface area contributed by atoms with Crippen LogP contribution in [0.2, 0.25) is 0 Å². The highest BCUT2D eigenvalue weighted by Gasteiger charge is 2.14. The Labute approximate surface area is 113 Å². The van der Waals surface area contributed by atoms with Gasteiger partial charge in [0.25, 0.3) is 0 Å². The molecule has 2 aromatic rings. The molecule has 100 valence electrons. The van der Waals surface area contributed by atoms with Crippen LogP contribution in [0, 0.1) is 0 Å². The molecular weight excluding hydrogens is 238 g/mol. The fraction of sp³-hybridized carbons (Fsp3) is 0.429. The normalized spacial score (nSPS) is 16.8. The van der Waals surface area contributed by atoms with E-state index in [0.717, 1.165) is 37.6 Å². The summed E-state index contributed by atoms with van der Waals surface area (Å²) in [6, 6.07) is 8.60. The van der Waals surface area contributed by atoms with E-state index in [9.17, 15) is 0 Å². The Morgan fingerprint density at radius 2 is 1.63 bits per heavy atom. The van der Waals surface area contributed by atoms with E-state index in [2.05, 4.69) is 51.2 Å². The Morgan fingerprint density at radius 3 is 2.21 bits per heavy atom. The van der Waals surface area contributed by atoms with E-state index >= 15 is 0 Å². The van der Waals surface area contributed by atoms with Gasteiger partial charge in [0.2, 0.25) is 0 Å². The molecule has 1 aromatic carbocycles. The first-order valence-electron chi connectivity index (χ1n) is 6.62. The minimum absolute atomic E-state index is 0.907. The van der Waals surface area contributed by atoms with Gasteiger partial charge in [-0.25, -0.2) is 9.67 Å². The molecule has 1 saturated heterocycles. The summed E-state index contributed by atoms with van der Waals surface area (Å²) in [6.07, 6.45) is 1.59. The van der Waals surface area contributed by atoms with Gasteiger partial charge < -0.3 is 9.80 Å². The number of benzene rings is 1. The van der Waals surface area contributed by atoms with Crippen molar-refractivity contribution in [2.45, 2.75) is 0 Å². The summed E-state index contributed by atoms with van der Waals surface area (Å²) >= 11 is 0. The van der Waals surface area contributed by atoms with E-state index in [4.69, 9.17) is 0 Å². The van der Waals surface area contributed by atoms with Crippen LogP contribution in [0.3, 0.4) is 0 Å². The highest BCUT2D eigenvalue weighted by molar-refractivity contribution is 5.60. The maximum atomic E-state index is 4.27. The van der Waals surface area contributed by atoms with Crippen LogP contribution in [0.1, 0.15) is 0 Å². The lowest BCUT2D eigenvalue weighted by molar-refractivity contribution is 0.313. The molecule has 0 atom stereocenters. The summed E-state index contributed by atoms with van der Waals surface area (Å²) in [7, 11) is 4.09. The van der Waals surface area contributed by atoms with E-state index in [1.807, 2.05) is 7.05 Å². The third-order valence-electron chi connectivity index (χ3n) is 3.71. The average molecular weight is 257 g/mol. The summed E-state index contributed by atoms with van der Waals surface area (Å²) in [5.74, 6) is 0.907. The Bertz CT molecular complexity index is 537. The number of nitrogens with zero attached hydrogens (tertiary/aromatic N) is 5. The van der Waals surface area contributed by atoms with Crippen molar-refractivity contribution in [1.29, 1.82) is 0 Å². The topological polar surface area (TPSA) is 37.2 Å². The number of hydrogen-bond acceptors (Lipinski definition) is 4. The quantitative estimate of drug-likeness (QED) is 0.811. The van der Waals surface area contributed by atoms with Crippen molar-refractivity contribution in [3.8, 4) is 11.4 Å². The minimum Gasteiger partial charge on any atom is -0.369 e. The summed E-state index contributed by atoms with van der Waals surface area (Å²) in [5.41, 5.74) is 2.40. The van der Waals surface area contributed by atoms with Gasteiger partial charge in [-0.3, -0.25) is 0 Å².